The molecule has 2 atom stereocenters. The van der Waals surface area contributed by atoms with Gasteiger partial charge in [0.1, 0.15) is 0 Å². The predicted molar refractivity (Wildman–Crippen MR) is 53.6 cm³/mol. The van der Waals surface area contributed by atoms with Crippen LogP contribution in [0.2, 0.25) is 0 Å². The molecule has 1 aliphatic rings. The van der Waals surface area contributed by atoms with Crippen molar-refractivity contribution in [1.82, 2.24) is 4.98 Å². The van der Waals surface area contributed by atoms with Crippen LogP contribution >= 0.6 is 0 Å². The number of fused-ring (bicyclic) bond motifs is 1. The lowest BCUT2D eigenvalue weighted by Crippen LogP contribution is -2.00. The lowest BCUT2D eigenvalue weighted by molar-refractivity contribution is 0.997. The first kappa shape index (κ1) is 7.15. The second-order valence-corrected chi connectivity index (χ2v) is 3.80. The summed E-state index contributed by atoms with van der Waals surface area (Å²) in [4.78, 5) is 3.27. The van der Waals surface area contributed by atoms with Crippen LogP contribution in [0.3, 0.4) is 0 Å². The highest BCUT2D eigenvalue weighted by atomic mass is 14.8. The summed E-state index contributed by atoms with van der Waals surface area (Å²) in [6.45, 7) is 0. The third-order valence-corrected chi connectivity index (χ3v) is 2.86. The van der Waals surface area contributed by atoms with Crippen molar-refractivity contribution in [1.29, 1.82) is 0 Å². The molecule has 0 aliphatic heterocycles. The fourth-order valence-electron chi connectivity index (χ4n) is 1.97. The van der Waals surface area contributed by atoms with Crippen LogP contribution in [-0.4, -0.2) is 11.0 Å². The topological polar surface area (TPSA) is 41.8 Å². The number of nitrogens with two attached hydrogens (primary N) is 1. The standard InChI is InChI=1S/C11H12N2/c12-10-5-8(10)9-6-13-11-4-2-1-3-7(9)11/h1-4,6,8,10,13H,5,12H2/t8-,10+/m1/s1. The number of aromatic amines is 1. The van der Waals surface area contributed by atoms with E-state index in [1.807, 2.05) is 0 Å². The van der Waals surface area contributed by atoms with Crippen LogP contribution in [-0.2, 0) is 0 Å². The van der Waals surface area contributed by atoms with Crippen LogP contribution < -0.4 is 5.73 Å². The monoisotopic (exact) mass is 172 g/mol. The molecular weight excluding hydrogens is 160 g/mol. The van der Waals surface area contributed by atoms with Crippen molar-refractivity contribution in [2.24, 2.45) is 5.73 Å². The van der Waals surface area contributed by atoms with E-state index in [1.54, 1.807) is 0 Å². The van der Waals surface area contributed by atoms with E-state index in [2.05, 4.69) is 35.4 Å². The van der Waals surface area contributed by atoms with Gasteiger partial charge in [-0.25, -0.2) is 0 Å². The highest BCUT2D eigenvalue weighted by Crippen LogP contribution is 2.41. The number of hydrogen-bond acceptors (Lipinski definition) is 1. The van der Waals surface area contributed by atoms with Crippen molar-refractivity contribution in [2.45, 2.75) is 18.4 Å². The largest absolute Gasteiger partial charge is 0.361 e. The van der Waals surface area contributed by atoms with Crippen molar-refractivity contribution in [3.8, 4) is 0 Å². The molecule has 0 saturated heterocycles. The van der Waals surface area contributed by atoms with Gasteiger partial charge in [-0.05, 0) is 18.1 Å². The Bertz CT molecular complexity index is 444. The Morgan fingerprint density at radius 1 is 1.31 bits per heavy atom. The van der Waals surface area contributed by atoms with Crippen molar-refractivity contribution < 1.29 is 0 Å². The molecule has 2 heteroatoms. The highest BCUT2D eigenvalue weighted by Gasteiger charge is 2.36. The molecule has 1 aromatic heterocycles. The summed E-state index contributed by atoms with van der Waals surface area (Å²) in [6, 6.07) is 8.78. The van der Waals surface area contributed by atoms with E-state index < -0.39 is 0 Å². The molecule has 3 rings (SSSR count). The van der Waals surface area contributed by atoms with Gasteiger partial charge in [0.2, 0.25) is 0 Å². The fourth-order valence-corrected chi connectivity index (χ4v) is 1.97. The minimum absolute atomic E-state index is 0.388. The maximum absolute atomic E-state index is 5.83. The fraction of sp³-hybridized carbons (Fsp3) is 0.273. The van der Waals surface area contributed by atoms with Crippen LogP contribution in [0, 0.1) is 0 Å². The molecule has 0 radical (unpaired) electrons. The van der Waals surface area contributed by atoms with E-state index in [4.69, 9.17) is 5.73 Å². The number of benzene rings is 1. The van der Waals surface area contributed by atoms with Gasteiger partial charge in [0, 0.05) is 29.1 Å². The van der Waals surface area contributed by atoms with Crippen LogP contribution in [0.1, 0.15) is 17.9 Å². The van der Waals surface area contributed by atoms with Gasteiger partial charge in [-0.15, -0.1) is 0 Å². The summed E-state index contributed by atoms with van der Waals surface area (Å²) < 4.78 is 0. The molecule has 3 N–H and O–H groups in total. The summed E-state index contributed by atoms with van der Waals surface area (Å²) in [6.07, 6.45) is 3.24. The van der Waals surface area contributed by atoms with Gasteiger partial charge in [0.25, 0.3) is 0 Å². The molecule has 1 fully saturated rings. The summed E-state index contributed by atoms with van der Waals surface area (Å²) >= 11 is 0. The molecule has 1 heterocycles. The Kier molecular flexibility index (Phi) is 1.30. The number of H-pyrrole nitrogens is 1. The number of aromatic nitrogens is 1. The number of hydrogen-bond donors (Lipinski definition) is 2. The Morgan fingerprint density at radius 2 is 2.08 bits per heavy atom. The van der Waals surface area contributed by atoms with Crippen LogP contribution in [0.15, 0.2) is 30.5 Å². The van der Waals surface area contributed by atoms with E-state index in [-0.39, 0.29) is 0 Å². The van der Waals surface area contributed by atoms with Gasteiger partial charge in [-0.3, -0.25) is 0 Å². The summed E-state index contributed by atoms with van der Waals surface area (Å²) in [5.74, 6) is 0.594. The molecular formula is C11H12N2. The third-order valence-electron chi connectivity index (χ3n) is 2.86. The lowest BCUT2D eigenvalue weighted by atomic mass is 10.1. The van der Waals surface area contributed by atoms with Crippen LogP contribution in [0.25, 0.3) is 10.9 Å². The van der Waals surface area contributed by atoms with Crippen molar-refractivity contribution in [3.05, 3.63) is 36.0 Å². The second-order valence-electron chi connectivity index (χ2n) is 3.80. The summed E-state index contributed by atoms with van der Waals surface area (Å²) in [5, 5.41) is 1.33. The first-order valence-corrected chi connectivity index (χ1v) is 4.68. The molecule has 1 saturated carbocycles. The van der Waals surface area contributed by atoms with Crippen molar-refractivity contribution in [2.75, 3.05) is 0 Å². The van der Waals surface area contributed by atoms with Gasteiger partial charge in [0.05, 0.1) is 0 Å². The van der Waals surface area contributed by atoms with Crippen molar-refractivity contribution in [3.63, 3.8) is 0 Å². The maximum Gasteiger partial charge on any atom is 0.0456 e. The molecule has 0 bridgehead atoms. The van der Waals surface area contributed by atoms with Gasteiger partial charge in [-0.2, -0.15) is 0 Å². The Balaban J connectivity index is 2.19. The highest BCUT2D eigenvalue weighted by molar-refractivity contribution is 5.84. The molecule has 0 unspecified atom stereocenters. The normalized spacial score (nSPS) is 26.5. The average Bonchev–Trinajstić information content (AvgIpc) is 2.74. The quantitative estimate of drug-likeness (QED) is 0.678. The maximum atomic E-state index is 5.83. The molecule has 2 nitrogen and oxygen atoms in total. The van der Waals surface area contributed by atoms with E-state index in [0.717, 1.165) is 6.42 Å². The smallest absolute Gasteiger partial charge is 0.0456 e. The lowest BCUT2D eigenvalue weighted by Gasteiger charge is -1.94. The van der Waals surface area contributed by atoms with Gasteiger partial charge >= 0.3 is 0 Å². The minimum atomic E-state index is 0.388. The summed E-state index contributed by atoms with van der Waals surface area (Å²) in [7, 11) is 0. The van der Waals surface area contributed by atoms with E-state index >= 15 is 0 Å². The average molecular weight is 172 g/mol. The Hall–Kier alpha value is -1.28. The van der Waals surface area contributed by atoms with Crippen molar-refractivity contribution >= 4 is 10.9 Å². The molecule has 13 heavy (non-hydrogen) atoms. The molecule has 2 aromatic rings. The van der Waals surface area contributed by atoms with E-state index in [0.29, 0.717) is 12.0 Å². The van der Waals surface area contributed by atoms with Gasteiger partial charge in [-0.1, -0.05) is 18.2 Å². The first-order valence-electron chi connectivity index (χ1n) is 4.68. The van der Waals surface area contributed by atoms with Gasteiger partial charge in [0.15, 0.2) is 0 Å². The molecule has 0 amide bonds. The molecule has 66 valence electrons. The molecule has 0 spiro atoms. The Morgan fingerprint density at radius 3 is 2.85 bits per heavy atom. The zero-order chi connectivity index (χ0) is 8.84. The SMILES string of the molecule is N[C@H]1C[C@@H]1c1c[nH]c2ccccc12. The number of para-hydroxylation sites is 1. The predicted octanol–water partition coefficient (Wildman–Crippen LogP) is 1.98. The molecule has 1 aliphatic carbocycles. The van der Waals surface area contributed by atoms with E-state index in [9.17, 15) is 0 Å². The first-order chi connectivity index (χ1) is 6.36. The minimum Gasteiger partial charge on any atom is -0.361 e. The zero-order valence-corrected chi connectivity index (χ0v) is 7.33. The number of rotatable bonds is 1. The summed E-state index contributed by atoms with van der Waals surface area (Å²) in [5.41, 5.74) is 8.45. The Labute approximate surface area is 76.8 Å². The third kappa shape index (κ3) is 0.988. The zero-order valence-electron chi connectivity index (χ0n) is 7.33. The van der Waals surface area contributed by atoms with Crippen LogP contribution in [0.4, 0.5) is 0 Å². The van der Waals surface area contributed by atoms with Crippen LogP contribution in [0.5, 0.6) is 0 Å². The molecule has 1 aromatic carbocycles. The second kappa shape index (κ2) is 2.36. The van der Waals surface area contributed by atoms with Gasteiger partial charge < -0.3 is 10.7 Å². The van der Waals surface area contributed by atoms with E-state index in [1.165, 1.54) is 16.5 Å². The number of nitrogens with one attached hydrogen (secondary N) is 1.